The van der Waals surface area contributed by atoms with Crippen LogP contribution in [0.3, 0.4) is 0 Å². The molecule has 0 saturated carbocycles. The highest BCUT2D eigenvalue weighted by molar-refractivity contribution is 5.39. The van der Waals surface area contributed by atoms with Crippen molar-refractivity contribution in [2.45, 2.75) is 37.9 Å². The molecule has 5 unspecified atom stereocenters. The zero-order chi connectivity index (χ0) is 13.6. The molecule has 2 aliphatic rings. The van der Waals surface area contributed by atoms with E-state index in [4.69, 9.17) is 15.2 Å². The third kappa shape index (κ3) is 2.12. The lowest BCUT2D eigenvalue weighted by molar-refractivity contribution is -0.255. The topological polar surface area (TPSA) is 84.9 Å². The molecule has 0 amide bonds. The van der Waals surface area contributed by atoms with Gasteiger partial charge in [0.2, 0.25) is 6.29 Å². The molecular formula is C14H19NO4. The van der Waals surface area contributed by atoms with Gasteiger partial charge in [0, 0.05) is 6.54 Å². The van der Waals surface area contributed by atoms with Crippen LogP contribution in [0.1, 0.15) is 11.1 Å². The van der Waals surface area contributed by atoms with Crippen LogP contribution >= 0.6 is 0 Å². The van der Waals surface area contributed by atoms with Crippen LogP contribution in [-0.2, 0) is 11.2 Å². The molecular weight excluding hydrogens is 246 g/mol. The molecule has 0 bridgehead atoms. The molecule has 0 aliphatic carbocycles. The van der Waals surface area contributed by atoms with Crippen molar-refractivity contribution in [2.24, 2.45) is 11.7 Å². The summed E-state index contributed by atoms with van der Waals surface area (Å²) in [6, 6.07) is 5.94. The summed E-state index contributed by atoms with van der Waals surface area (Å²) < 4.78 is 11.4. The van der Waals surface area contributed by atoms with Crippen molar-refractivity contribution < 1.29 is 19.7 Å². The Hall–Kier alpha value is -1.14. The van der Waals surface area contributed by atoms with Crippen LogP contribution in [0.4, 0.5) is 0 Å². The van der Waals surface area contributed by atoms with Crippen LogP contribution < -0.4 is 10.5 Å². The monoisotopic (exact) mass is 265 g/mol. The van der Waals surface area contributed by atoms with E-state index in [0.717, 1.165) is 16.9 Å². The fourth-order valence-corrected chi connectivity index (χ4v) is 2.88. The number of fused-ring (bicyclic) bond motifs is 2. The van der Waals surface area contributed by atoms with Crippen molar-refractivity contribution in [1.29, 1.82) is 0 Å². The number of rotatable bonds is 1. The first kappa shape index (κ1) is 12.9. The lowest BCUT2D eigenvalue weighted by Gasteiger charge is -2.44. The molecule has 5 heteroatoms. The van der Waals surface area contributed by atoms with Crippen LogP contribution in [0, 0.1) is 12.8 Å². The molecule has 0 spiro atoms. The molecule has 1 aromatic carbocycles. The van der Waals surface area contributed by atoms with Crippen LogP contribution in [0.15, 0.2) is 18.2 Å². The highest BCUT2D eigenvalue weighted by Crippen LogP contribution is 2.37. The Bertz CT molecular complexity index is 479. The quantitative estimate of drug-likeness (QED) is 0.663. The number of aliphatic hydroxyl groups excluding tert-OH is 2. The van der Waals surface area contributed by atoms with Gasteiger partial charge in [0.05, 0.1) is 12.0 Å². The summed E-state index contributed by atoms with van der Waals surface area (Å²) in [7, 11) is 0. The Morgan fingerprint density at radius 3 is 2.84 bits per heavy atom. The Morgan fingerprint density at radius 1 is 1.32 bits per heavy atom. The first-order valence-electron chi connectivity index (χ1n) is 6.58. The van der Waals surface area contributed by atoms with E-state index < -0.39 is 24.6 Å². The second kappa shape index (κ2) is 4.76. The molecule has 1 saturated heterocycles. The van der Waals surface area contributed by atoms with Crippen molar-refractivity contribution in [2.75, 3.05) is 6.54 Å². The minimum atomic E-state index is -0.957. The summed E-state index contributed by atoms with van der Waals surface area (Å²) in [4.78, 5) is 0. The molecule has 5 atom stereocenters. The summed E-state index contributed by atoms with van der Waals surface area (Å²) in [6.45, 7) is 2.17. The number of benzene rings is 1. The number of aliphatic hydroxyl groups is 2. The van der Waals surface area contributed by atoms with Gasteiger partial charge in [0.15, 0.2) is 0 Å². The van der Waals surface area contributed by atoms with Gasteiger partial charge in [0.1, 0.15) is 18.0 Å². The van der Waals surface area contributed by atoms with E-state index in [1.807, 2.05) is 25.1 Å². The minimum Gasteiger partial charge on any atom is -0.464 e. The van der Waals surface area contributed by atoms with Gasteiger partial charge in [-0.25, -0.2) is 0 Å². The summed E-state index contributed by atoms with van der Waals surface area (Å²) in [5.41, 5.74) is 7.73. The van der Waals surface area contributed by atoms with Gasteiger partial charge in [-0.1, -0.05) is 17.7 Å². The van der Waals surface area contributed by atoms with Gasteiger partial charge >= 0.3 is 0 Å². The zero-order valence-corrected chi connectivity index (χ0v) is 10.8. The average Bonchev–Trinajstić information content (AvgIpc) is 2.41. The van der Waals surface area contributed by atoms with Gasteiger partial charge in [-0.3, -0.25) is 0 Å². The van der Waals surface area contributed by atoms with Crippen LogP contribution in [0.2, 0.25) is 0 Å². The van der Waals surface area contributed by atoms with Gasteiger partial charge in [-0.15, -0.1) is 0 Å². The number of hydrogen-bond acceptors (Lipinski definition) is 5. The third-order valence-corrected chi connectivity index (χ3v) is 3.98. The number of ether oxygens (including phenoxy) is 2. The molecule has 2 heterocycles. The van der Waals surface area contributed by atoms with Gasteiger partial charge in [-0.2, -0.15) is 0 Å². The van der Waals surface area contributed by atoms with Crippen molar-refractivity contribution in [3.05, 3.63) is 29.3 Å². The Balaban J connectivity index is 1.89. The SMILES string of the molecule is Cc1ccc2c(c1)CC1C(O2)OC(CN)C(O)C1O. The predicted molar refractivity (Wildman–Crippen MR) is 68.7 cm³/mol. The Kier molecular flexibility index (Phi) is 3.22. The molecule has 4 N–H and O–H groups in total. The zero-order valence-electron chi connectivity index (χ0n) is 10.8. The summed E-state index contributed by atoms with van der Waals surface area (Å²) in [5.74, 6) is 0.526. The number of nitrogens with two attached hydrogens (primary N) is 1. The van der Waals surface area contributed by atoms with Crippen LogP contribution in [-0.4, -0.2) is 41.4 Å². The first-order chi connectivity index (χ1) is 9.10. The lowest BCUT2D eigenvalue weighted by atomic mass is 9.84. The standard InChI is InChI=1S/C14H19NO4/c1-7-2-3-10-8(4-7)5-9-12(16)13(17)11(6-15)19-14(9)18-10/h2-4,9,11-14,16-17H,5-6,15H2,1H3. The maximum atomic E-state index is 10.2. The second-order valence-corrected chi connectivity index (χ2v) is 5.36. The van der Waals surface area contributed by atoms with Crippen molar-refractivity contribution in [3.63, 3.8) is 0 Å². The van der Waals surface area contributed by atoms with E-state index in [0.29, 0.717) is 6.42 Å². The third-order valence-electron chi connectivity index (χ3n) is 3.98. The maximum Gasteiger partial charge on any atom is 0.206 e. The summed E-state index contributed by atoms with van der Waals surface area (Å²) >= 11 is 0. The van der Waals surface area contributed by atoms with Gasteiger partial charge < -0.3 is 25.4 Å². The van der Waals surface area contributed by atoms with Gasteiger partial charge in [-0.05, 0) is 25.0 Å². The lowest BCUT2D eigenvalue weighted by Crippen LogP contribution is -2.59. The largest absolute Gasteiger partial charge is 0.464 e. The van der Waals surface area contributed by atoms with Crippen LogP contribution in [0.5, 0.6) is 5.75 Å². The average molecular weight is 265 g/mol. The fourth-order valence-electron chi connectivity index (χ4n) is 2.88. The molecule has 5 nitrogen and oxygen atoms in total. The molecule has 2 aliphatic heterocycles. The van der Waals surface area contributed by atoms with Crippen molar-refractivity contribution in [1.82, 2.24) is 0 Å². The highest BCUT2D eigenvalue weighted by Gasteiger charge is 2.47. The van der Waals surface area contributed by atoms with E-state index in [-0.39, 0.29) is 12.5 Å². The van der Waals surface area contributed by atoms with Crippen LogP contribution in [0.25, 0.3) is 0 Å². The fraction of sp³-hybridized carbons (Fsp3) is 0.571. The molecule has 0 radical (unpaired) electrons. The minimum absolute atomic E-state index is 0.158. The summed E-state index contributed by atoms with van der Waals surface area (Å²) in [6.07, 6.45) is -2.32. The van der Waals surface area contributed by atoms with Crippen molar-refractivity contribution >= 4 is 0 Å². The molecule has 1 aromatic rings. The number of hydrogen-bond donors (Lipinski definition) is 3. The van der Waals surface area contributed by atoms with E-state index in [1.54, 1.807) is 0 Å². The predicted octanol–water partition coefficient (Wildman–Crippen LogP) is -0.0485. The highest BCUT2D eigenvalue weighted by atomic mass is 16.7. The number of aryl methyl sites for hydroxylation is 1. The maximum absolute atomic E-state index is 10.2. The molecule has 3 rings (SSSR count). The summed E-state index contributed by atoms with van der Waals surface area (Å²) in [5, 5.41) is 20.2. The van der Waals surface area contributed by atoms with E-state index in [9.17, 15) is 10.2 Å². The van der Waals surface area contributed by atoms with E-state index in [2.05, 4.69) is 0 Å². The van der Waals surface area contributed by atoms with Gasteiger partial charge in [0.25, 0.3) is 0 Å². The second-order valence-electron chi connectivity index (χ2n) is 5.36. The molecule has 19 heavy (non-hydrogen) atoms. The molecule has 0 aromatic heterocycles. The normalized spacial score (nSPS) is 37.2. The molecule has 1 fully saturated rings. The molecule has 104 valence electrons. The Labute approximate surface area is 111 Å². The van der Waals surface area contributed by atoms with E-state index in [1.165, 1.54) is 0 Å². The van der Waals surface area contributed by atoms with E-state index >= 15 is 0 Å². The van der Waals surface area contributed by atoms with Crippen molar-refractivity contribution in [3.8, 4) is 5.75 Å². The smallest absolute Gasteiger partial charge is 0.206 e. The Morgan fingerprint density at radius 2 is 2.11 bits per heavy atom. The first-order valence-corrected chi connectivity index (χ1v) is 6.58.